The maximum absolute atomic E-state index is 13.2. The number of quaternary nitrogens is 1. The zero-order valence-corrected chi connectivity index (χ0v) is 18.6. The van der Waals surface area contributed by atoms with Gasteiger partial charge >= 0.3 is 6.09 Å². The Morgan fingerprint density at radius 2 is 1.90 bits per heavy atom. The number of unbranched alkanes of at least 4 members (excludes halogenated alkanes) is 2. The summed E-state index contributed by atoms with van der Waals surface area (Å²) in [5.41, 5.74) is 0.750. The molecule has 30 heavy (non-hydrogen) atoms. The van der Waals surface area contributed by atoms with Crippen LogP contribution in [-0.4, -0.2) is 62.4 Å². The van der Waals surface area contributed by atoms with Crippen molar-refractivity contribution in [3.8, 4) is 0 Å². The van der Waals surface area contributed by atoms with Gasteiger partial charge in [-0.1, -0.05) is 6.42 Å². The maximum Gasteiger partial charge on any atom is 0.407 e. The molecule has 1 aliphatic carbocycles. The van der Waals surface area contributed by atoms with Gasteiger partial charge in [0, 0.05) is 46.0 Å². The highest BCUT2D eigenvalue weighted by Gasteiger charge is 2.23. The minimum absolute atomic E-state index is 0.0390. The fourth-order valence-corrected chi connectivity index (χ4v) is 3.40. The molecular weight excluding hydrogens is 388 g/mol. The summed E-state index contributed by atoms with van der Waals surface area (Å²) >= 11 is 0. The van der Waals surface area contributed by atoms with Crippen molar-refractivity contribution in [2.24, 2.45) is 0 Å². The quantitative estimate of drug-likeness (QED) is 0.266. The number of allylic oxidation sites excluding steroid dienone is 1. The van der Waals surface area contributed by atoms with E-state index in [1.54, 1.807) is 14.1 Å². The zero-order chi connectivity index (χ0) is 22.4. The summed E-state index contributed by atoms with van der Waals surface area (Å²) in [6, 6.07) is 0. The van der Waals surface area contributed by atoms with Crippen molar-refractivity contribution in [2.45, 2.75) is 70.8 Å². The number of hydrogen-bond donors (Lipinski definition) is 3. The number of hydrogen-bond acceptors (Lipinski definition) is 5. The van der Waals surface area contributed by atoms with Crippen LogP contribution in [0.4, 0.5) is 4.79 Å². The van der Waals surface area contributed by atoms with Gasteiger partial charge in [-0.15, -0.1) is 0 Å². The maximum atomic E-state index is 13.2. The average molecular weight is 427 g/mol. The molecule has 1 rings (SSSR count). The van der Waals surface area contributed by atoms with E-state index < -0.39 is 16.8 Å². The molecule has 9 nitrogen and oxygen atoms in total. The van der Waals surface area contributed by atoms with Crippen molar-refractivity contribution >= 4 is 17.9 Å². The molecule has 0 aromatic carbocycles. The molecule has 2 unspecified atom stereocenters. The summed E-state index contributed by atoms with van der Waals surface area (Å²) in [6.07, 6.45) is 7.75. The largest absolute Gasteiger partial charge is 0.628 e. The first-order valence-electron chi connectivity index (χ1n) is 10.9. The van der Waals surface area contributed by atoms with Gasteiger partial charge < -0.3 is 30.5 Å². The number of alkyl carbamates (subject to hydrolysis) is 1. The van der Waals surface area contributed by atoms with Crippen molar-refractivity contribution in [1.82, 2.24) is 16.0 Å². The van der Waals surface area contributed by atoms with E-state index >= 15 is 0 Å². The van der Waals surface area contributed by atoms with Gasteiger partial charge in [0.15, 0.2) is 0 Å². The standard InChI is InChI=1S/C21H38N4O5/c1-17(26)23-13-8-5-9-15-25(3,29)18-10-6-4-7-11-19(16-18)30-21(28)24-14-12-20(27)22-2/h16,19H,4-15H2,1-3H3,(H,22,27)(H,23,26)(H,24,28)/b18-16+. The molecule has 1 aliphatic rings. The summed E-state index contributed by atoms with van der Waals surface area (Å²) in [5.74, 6) is -0.192. The number of hydroxylamine groups is 3. The van der Waals surface area contributed by atoms with Gasteiger partial charge in [0.25, 0.3) is 0 Å². The molecule has 3 amide bonds. The summed E-state index contributed by atoms with van der Waals surface area (Å²) in [4.78, 5) is 34.2. The van der Waals surface area contributed by atoms with E-state index in [-0.39, 0.29) is 24.8 Å². The van der Waals surface area contributed by atoms with E-state index in [0.29, 0.717) is 25.9 Å². The van der Waals surface area contributed by atoms with E-state index in [4.69, 9.17) is 4.74 Å². The van der Waals surface area contributed by atoms with Crippen LogP contribution in [0.2, 0.25) is 0 Å². The predicted molar refractivity (Wildman–Crippen MR) is 115 cm³/mol. The average Bonchev–Trinajstić information content (AvgIpc) is 2.65. The van der Waals surface area contributed by atoms with Crippen LogP contribution in [0.1, 0.15) is 64.7 Å². The van der Waals surface area contributed by atoms with Gasteiger partial charge in [0.2, 0.25) is 11.8 Å². The highest BCUT2D eigenvalue weighted by molar-refractivity contribution is 5.76. The molecule has 0 saturated carbocycles. The highest BCUT2D eigenvalue weighted by atomic mass is 16.6. The van der Waals surface area contributed by atoms with Crippen molar-refractivity contribution < 1.29 is 23.8 Å². The molecule has 0 radical (unpaired) electrons. The van der Waals surface area contributed by atoms with E-state index in [1.165, 1.54) is 6.92 Å². The predicted octanol–water partition coefficient (Wildman–Crippen LogP) is 2.32. The zero-order valence-electron chi connectivity index (χ0n) is 18.6. The van der Waals surface area contributed by atoms with Crippen LogP contribution in [0.25, 0.3) is 0 Å². The molecular formula is C21H38N4O5. The summed E-state index contributed by atoms with van der Waals surface area (Å²) in [7, 11) is 3.20. The number of amides is 3. The Kier molecular flexibility index (Phi) is 12.1. The summed E-state index contributed by atoms with van der Waals surface area (Å²) < 4.78 is 5.04. The minimum Gasteiger partial charge on any atom is -0.628 e. The lowest BCUT2D eigenvalue weighted by atomic mass is 10.0. The van der Waals surface area contributed by atoms with Crippen LogP contribution >= 0.6 is 0 Å². The number of ether oxygens (including phenoxy) is 1. The number of nitrogens with one attached hydrogen (secondary N) is 3. The Morgan fingerprint density at radius 3 is 2.60 bits per heavy atom. The Bertz CT molecular complexity index is 592. The normalized spacial score (nSPS) is 20.5. The Morgan fingerprint density at radius 1 is 1.13 bits per heavy atom. The van der Waals surface area contributed by atoms with Crippen LogP contribution in [-0.2, 0) is 14.3 Å². The number of rotatable bonds is 11. The Hall–Kier alpha value is -2.13. The highest BCUT2D eigenvalue weighted by Crippen LogP contribution is 2.26. The fourth-order valence-electron chi connectivity index (χ4n) is 3.40. The topological polar surface area (TPSA) is 120 Å². The van der Waals surface area contributed by atoms with E-state index in [0.717, 1.165) is 44.2 Å². The first-order chi connectivity index (χ1) is 14.2. The van der Waals surface area contributed by atoms with Crippen LogP contribution in [0.5, 0.6) is 0 Å². The van der Waals surface area contributed by atoms with E-state index in [2.05, 4.69) is 16.0 Å². The van der Waals surface area contributed by atoms with Gasteiger partial charge in [-0.25, -0.2) is 4.79 Å². The molecule has 172 valence electrons. The van der Waals surface area contributed by atoms with Crippen LogP contribution in [0, 0.1) is 5.21 Å². The molecule has 0 heterocycles. The fraction of sp³-hybridized carbons (Fsp3) is 0.762. The molecule has 2 atom stereocenters. The summed E-state index contributed by atoms with van der Waals surface area (Å²) in [6.45, 7) is 2.78. The number of carbonyl (C=O) groups is 3. The van der Waals surface area contributed by atoms with Crippen LogP contribution in [0.15, 0.2) is 11.8 Å². The lowest BCUT2D eigenvalue weighted by Gasteiger charge is -2.41. The lowest BCUT2D eigenvalue weighted by molar-refractivity contribution is -0.823. The molecule has 3 N–H and O–H groups in total. The smallest absolute Gasteiger partial charge is 0.407 e. The SMILES string of the molecule is CNC(=O)CCNC(=O)OC1/C=C(/[N+](C)([O-])CCCCCNC(C)=O)CCCCC1. The molecule has 0 saturated heterocycles. The second-order valence-electron chi connectivity index (χ2n) is 7.92. The monoisotopic (exact) mass is 426 g/mol. The lowest BCUT2D eigenvalue weighted by Crippen LogP contribution is -2.39. The van der Waals surface area contributed by atoms with Gasteiger partial charge in [0.05, 0.1) is 13.6 Å². The van der Waals surface area contributed by atoms with Gasteiger partial charge in [0.1, 0.15) is 11.8 Å². The molecule has 0 aromatic heterocycles. The van der Waals surface area contributed by atoms with Crippen LogP contribution < -0.4 is 16.0 Å². The Balaban J connectivity index is 2.56. The minimum atomic E-state index is -0.571. The van der Waals surface area contributed by atoms with E-state index in [1.807, 2.05) is 6.08 Å². The first kappa shape index (κ1) is 25.9. The van der Waals surface area contributed by atoms with Gasteiger partial charge in [-0.2, -0.15) is 0 Å². The Labute approximate surface area is 179 Å². The molecule has 9 heteroatoms. The molecule has 0 fully saturated rings. The van der Waals surface area contributed by atoms with Crippen molar-refractivity contribution in [3.05, 3.63) is 17.0 Å². The number of carbonyl (C=O) groups excluding carboxylic acids is 3. The summed E-state index contributed by atoms with van der Waals surface area (Å²) in [5, 5.41) is 21.0. The molecule has 0 aliphatic heterocycles. The first-order valence-corrected chi connectivity index (χ1v) is 10.9. The second kappa shape index (κ2) is 14.0. The van der Waals surface area contributed by atoms with Gasteiger partial charge in [-0.05, 0) is 38.5 Å². The second-order valence-corrected chi connectivity index (χ2v) is 7.92. The molecule has 0 bridgehead atoms. The molecule has 0 spiro atoms. The third kappa shape index (κ3) is 11.2. The number of nitrogens with zero attached hydrogens (tertiary/aromatic N) is 1. The van der Waals surface area contributed by atoms with E-state index in [9.17, 15) is 19.6 Å². The third-order valence-corrected chi connectivity index (χ3v) is 5.20. The van der Waals surface area contributed by atoms with Crippen molar-refractivity contribution in [3.63, 3.8) is 0 Å². The third-order valence-electron chi connectivity index (χ3n) is 5.20. The van der Waals surface area contributed by atoms with Gasteiger partial charge in [-0.3, -0.25) is 9.59 Å². The van der Waals surface area contributed by atoms with Crippen molar-refractivity contribution in [1.29, 1.82) is 0 Å². The van der Waals surface area contributed by atoms with Crippen molar-refractivity contribution in [2.75, 3.05) is 33.7 Å². The van der Waals surface area contributed by atoms with Crippen LogP contribution in [0.3, 0.4) is 0 Å². The molecule has 0 aromatic rings.